The Bertz CT molecular complexity index is 579. The van der Waals surface area contributed by atoms with Crippen molar-refractivity contribution in [2.45, 2.75) is 24.8 Å². The van der Waals surface area contributed by atoms with Crippen LogP contribution in [-0.4, -0.2) is 47.5 Å². The van der Waals surface area contributed by atoms with E-state index in [9.17, 15) is 13.2 Å². The first-order valence-electron chi connectivity index (χ1n) is 6.12. The van der Waals surface area contributed by atoms with Crippen LogP contribution in [0.3, 0.4) is 0 Å². The zero-order valence-corrected chi connectivity index (χ0v) is 12.0. The van der Waals surface area contributed by atoms with Crippen LogP contribution in [0.4, 0.5) is 0 Å². The number of hydrogen-bond acceptors (Lipinski definition) is 4. The second-order valence-corrected chi connectivity index (χ2v) is 6.84. The van der Waals surface area contributed by atoms with E-state index in [1.165, 1.54) is 21.4 Å². The van der Waals surface area contributed by atoms with E-state index in [-0.39, 0.29) is 23.3 Å². The Morgan fingerprint density at radius 3 is 2.68 bits per heavy atom. The van der Waals surface area contributed by atoms with Crippen molar-refractivity contribution in [3.8, 4) is 0 Å². The van der Waals surface area contributed by atoms with Gasteiger partial charge in [-0.15, -0.1) is 0 Å². The van der Waals surface area contributed by atoms with E-state index < -0.39 is 16.1 Å². The number of amides is 1. The van der Waals surface area contributed by atoms with Crippen molar-refractivity contribution in [2.75, 3.05) is 13.1 Å². The number of piperazine rings is 1. The molecule has 106 valence electrons. The van der Waals surface area contributed by atoms with E-state index in [0.717, 1.165) is 0 Å². The molecule has 1 atom stereocenters. The van der Waals surface area contributed by atoms with Gasteiger partial charge in [-0.25, -0.2) is 8.42 Å². The first-order chi connectivity index (χ1) is 8.84. The summed E-state index contributed by atoms with van der Waals surface area (Å²) in [5.74, 6) is -0.333. The van der Waals surface area contributed by atoms with Gasteiger partial charge in [-0.2, -0.15) is 9.40 Å². The van der Waals surface area contributed by atoms with Crippen LogP contribution in [0, 0.1) is 5.92 Å². The van der Waals surface area contributed by atoms with Gasteiger partial charge >= 0.3 is 0 Å². The molecule has 8 heteroatoms. The Labute approximate surface area is 112 Å². The highest BCUT2D eigenvalue weighted by atomic mass is 32.2. The average Bonchev–Trinajstić information content (AvgIpc) is 2.75. The van der Waals surface area contributed by atoms with Gasteiger partial charge in [-0.3, -0.25) is 9.48 Å². The van der Waals surface area contributed by atoms with Crippen molar-refractivity contribution in [1.29, 1.82) is 0 Å². The molecule has 1 saturated heterocycles. The van der Waals surface area contributed by atoms with Crippen molar-refractivity contribution < 1.29 is 13.2 Å². The fraction of sp³-hybridized carbons (Fsp3) is 0.636. The summed E-state index contributed by atoms with van der Waals surface area (Å²) in [4.78, 5) is 12.0. The number of nitrogens with one attached hydrogen (secondary N) is 1. The van der Waals surface area contributed by atoms with Crippen LogP contribution in [-0.2, 0) is 21.9 Å². The quantitative estimate of drug-likeness (QED) is 0.817. The first-order valence-corrected chi connectivity index (χ1v) is 7.56. The molecule has 0 aliphatic carbocycles. The number of sulfonamides is 1. The standard InChI is InChI=1S/C11H18N4O3S/c1-8(2)10-11(16)12-4-5-15(10)19(17,18)9-6-13-14(3)7-9/h6-8,10H,4-5H2,1-3H3,(H,12,16). The van der Waals surface area contributed by atoms with E-state index in [4.69, 9.17) is 0 Å². The van der Waals surface area contributed by atoms with Gasteiger partial charge in [0, 0.05) is 26.3 Å². The average molecular weight is 286 g/mol. The molecular formula is C11H18N4O3S. The van der Waals surface area contributed by atoms with E-state index in [0.29, 0.717) is 6.54 Å². The van der Waals surface area contributed by atoms with Gasteiger partial charge in [0.1, 0.15) is 10.9 Å². The van der Waals surface area contributed by atoms with Gasteiger partial charge in [-0.1, -0.05) is 13.8 Å². The number of carbonyl (C=O) groups is 1. The van der Waals surface area contributed by atoms with Gasteiger partial charge in [0.15, 0.2) is 0 Å². The van der Waals surface area contributed by atoms with Crippen LogP contribution in [0.15, 0.2) is 17.3 Å². The largest absolute Gasteiger partial charge is 0.353 e. The van der Waals surface area contributed by atoms with Crippen molar-refractivity contribution >= 4 is 15.9 Å². The molecule has 19 heavy (non-hydrogen) atoms. The first kappa shape index (κ1) is 14.0. The molecule has 2 heterocycles. The van der Waals surface area contributed by atoms with Gasteiger partial charge in [0.25, 0.3) is 0 Å². The third-order valence-corrected chi connectivity index (χ3v) is 4.96. The zero-order chi connectivity index (χ0) is 14.2. The molecule has 0 spiro atoms. The fourth-order valence-corrected chi connectivity index (χ4v) is 3.94. The summed E-state index contributed by atoms with van der Waals surface area (Å²) in [5, 5.41) is 6.58. The normalized spacial score (nSPS) is 21.7. The van der Waals surface area contributed by atoms with E-state index in [1.807, 2.05) is 13.8 Å². The van der Waals surface area contributed by atoms with Gasteiger partial charge in [-0.05, 0) is 5.92 Å². The maximum Gasteiger partial charge on any atom is 0.246 e. The molecule has 1 aliphatic heterocycles. The van der Waals surface area contributed by atoms with Gasteiger partial charge in [0.2, 0.25) is 15.9 Å². The molecule has 1 fully saturated rings. The van der Waals surface area contributed by atoms with Crippen LogP contribution >= 0.6 is 0 Å². The summed E-state index contributed by atoms with van der Waals surface area (Å²) in [5.41, 5.74) is 0. The monoisotopic (exact) mass is 286 g/mol. The third kappa shape index (κ3) is 2.50. The van der Waals surface area contributed by atoms with Crippen LogP contribution in [0.1, 0.15) is 13.8 Å². The Balaban J connectivity index is 2.40. The molecule has 2 rings (SSSR count). The minimum Gasteiger partial charge on any atom is -0.353 e. The molecular weight excluding hydrogens is 268 g/mol. The number of aromatic nitrogens is 2. The SMILES string of the molecule is CC(C)C1C(=O)NCCN1S(=O)(=O)c1cnn(C)c1. The summed E-state index contributed by atoms with van der Waals surface area (Å²) in [6, 6.07) is -0.668. The topological polar surface area (TPSA) is 84.3 Å². The van der Waals surface area contributed by atoms with Crippen molar-refractivity contribution in [1.82, 2.24) is 19.4 Å². The molecule has 0 saturated carbocycles. The van der Waals surface area contributed by atoms with Crippen LogP contribution < -0.4 is 5.32 Å². The molecule has 1 unspecified atom stereocenters. The van der Waals surface area contributed by atoms with Crippen molar-refractivity contribution in [3.63, 3.8) is 0 Å². The summed E-state index contributed by atoms with van der Waals surface area (Å²) >= 11 is 0. The highest BCUT2D eigenvalue weighted by Gasteiger charge is 2.40. The molecule has 0 aromatic carbocycles. The predicted molar refractivity (Wildman–Crippen MR) is 68.7 cm³/mol. The van der Waals surface area contributed by atoms with Crippen LogP contribution in [0.5, 0.6) is 0 Å². The lowest BCUT2D eigenvalue weighted by Crippen LogP contribution is -2.58. The Morgan fingerprint density at radius 1 is 1.47 bits per heavy atom. The van der Waals surface area contributed by atoms with Gasteiger partial charge < -0.3 is 5.32 Å². The molecule has 0 bridgehead atoms. The molecule has 1 N–H and O–H groups in total. The summed E-state index contributed by atoms with van der Waals surface area (Å²) < 4.78 is 27.8. The van der Waals surface area contributed by atoms with Gasteiger partial charge in [0.05, 0.1) is 6.20 Å². The van der Waals surface area contributed by atoms with Crippen LogP contribution in [0.2, 0.25) is 0 Å². The lowest BCUT2D eigenvalue weighted by molar-refractivity contribution is -0.128. The van der Waals surface area contributed by atoms with E-state index in [1.54, 1.807) is 7.05 Å². The molecule has 1 aromatic rings. The predicted octanol–water partition coefficient (Wildman–Crippen LogP) is -0.435. The number of carbonyl (C=O) groups excluding carboxylic acids is 1. The smallest absolute Gasteiger partial charge is 0.246 e. The molecule has 0 radical (unpaired) electrons. The Morgan fingerprint density at radius 2 is 2.16 bits per heavy atom. The highest BCUT2D eigenvalue weighted by molar-refractivity contribution is 7.89. The number of hydrogen-bond donors (Lipinski definition) is 1. The van der Waals surface area contributed by atoms with E-state index in [2.05, 4.69) is 10.4 Å². The molecule has 1 aromatic heterocycles. The summed E-state index contributed by atoms with van der Waals surface area (Å²) in [6.45, 7) is 4.29. The van der Waals surface area contributed by atoms with E-state index >= 15 is 0 Å². The lowest BCUT2D eigenvalue weighted by Gasteiger charge is -2.35. The maximum absolute atomic E-state index is 12.6. The second kappa shape index (κ2) is 4.93. The minimum absolute atomic E-state index is 0.0910. The fourth-order valence-electron chi connectivity index (χ4n) is 2.24. The lowest BCUT2D eigenvalue weighted by atomic mass is 10.0. The molecule has 1 aliphatic rings. The summed E-state index contributed by atoms with van der Waals surface area (Å²) in [6.07, 6.45) is 2.75. The van der Waals surface area contributed by atoms with Crippen LogP contribution in [0.25, 0.3) is 0 Å². The summed E-state index contributed by atoms with van der Waals surface area (Å²) in [7, 11) is -2.02. The van der Waals surface area contributed by atoms with Crippen molar-refractivity contribution in [3.05, 3.63) is 12.4 Å². The third-order valence-electron chi connectivity index (χ3n) is 3.13. The zero-order valence-electron chi connectivity index (χ0n) is 11.2. The minimum atomic E-state index is -3.68. The number of rotatable bonds is 3. The number of nitrogens with zero attached hydrogens (tertiary/aromatic N) is 3. The molecule has 1 amide bonds. The second-order valence-electron chi connectivity index (χ2n) is 4.95. The van der Waals surface area contributed by atoms with Crippen molar-refractivity contribution in [2.24, 2.45) is 13.0 Å². The Kier molecular flexibility index (Phi) is 3.64. The number of aryl methyl sites for hydroxylation is 1. The Hall–Kier alpha value is -1.41. The highest BCUT2D eigenvalue weighted by Crippen LogP contribution is 2.23. The molecule has 7 nitrogen and oxygen atoms in total. The maximum atomic E-state index is 12.6.